The van der Waals surface area contributed by atoms with Gasteiger partial charge in [0.2, 0.25) is 0 Å². The highest BCUT2D eigenvalue weighted by atomic mass is 16.5. The molecule has 1 fully saturated rings. The maximum absolute atomic E-state index is 13.0. The van der Waals surface area contributed by atoms with Crippen LogP contribution in [0.1, 0.15) is 50.1 Å². The third-order valence-corrected chi connectivity index (χ3v) is 5.38. The van der Waals surface area contributed by atoms with Crippen molar-refractivity contribution < 1.29 is 28.6 Å². The predicted molar refractivity (Wildman–Crippen MR) is 116 cm³/mol. The van der Waals surface area contributed by atoms with Crippen molar-refractivity contribution in [1.29, 1.82) is 0 Å². The molecule has 1 aliphatic rings. The predicted octanol–water partition coefficient (Wildman–Crippen LogP) is 4.04. The van der Waals surface area contributed by atoms with Crippen LogP contribution in [-0.4, -0.2) is 49.1 Å². The van der Waals surface area contributed by atoms with E-state index in [9.17, 15) is 14.7 Å². The quantitative estimate of drug-likeness (QED) is 0.310. The van der Waals surface area contributed by atoms with Gasteiger partial charge in [0.25, 0.3) is 11.7 Å². The van der Waals surface area contributed by atoms with Gasteiger partial charge in [0.05, 0.1) is 18.9 Å². The molecule has 1 atom stereocenters. The lowest BCUT2D eigenvalue weighted by molar-refractivity contribution is -0.140. The summed E-state index contributed by atoms with van der Waals surface area (Å²) in [7, 11) is 3.17. The Morgan fingerprint density at radius 2 is 1.94 bits per heavy atom. The third-order valence-electron chi connectivity index (χ3n) is 5.38. The molecule has 31 heavy (non-hydrogen) atoms. The molecular weight excluding hydrogens is 398 g/mol. The van der Waals surface area contributed by atoms with Gasteiger partial charge in [-0.15, -0.1) is 0 Å². The number of hydrogen-bond acceptors (Lipinski definition) is 6. The van der Waals surface area contributed by atoms with Gasteiger partial charge in [-0.2, -0.15) is 0 Å². The van der Waals surface area contributed by atoms with Crippen LogP contribution in [0.4, 0.5) is 0 Å². The Bertz CT molecular complexity index is 984. The highest BCUT2D eigenvalue weighted by Gasteiger charge is 2.47. The van der Waals surface area contributed by atoms with E-state index in [0.717, 1.165) is 5.56 Å². The number of ketones is 1. The minimum atomic E-state index is -0.799. The van der Waals surface area contributed by atoms with Crippen molar-refractivity contribution in [2.75, 3.05) is 27.4 Å². The molecule has 0 aliphatic carbocycles. The van der Waals surface area contributed by atoms with Gasteiger partial charge in [-0.3, -0.25) is 9.59 Å². The van der Waals surface area contributed by atoms with Crippen LogP contribution in [0.25, 0.3) is 5.76 Å². The van der Waals surface area contributed by atoms with E-state index in [-0.39, 0.29) is 16.7 Å². The monoisotopic (exact) mass is 427 g/mol. The summed E-state index contributed by atoms with van der Waals surface area (Å²) in [4.78, 5) is 27.2. The second kappa shape index (κ2) is 8.98. The molecule has 7 heteroatoms. The summed E-state index contributed by atoms with van der Waals surface area (Å²) >= 11 is 0. The van der Waals surface area contributed by atoms with E-state index in [1.165, 1.54) is 11.2 Å². The average Bonchev–Trinajstić information content (AvgIpc) is 3.35. The smallest absolute Gasteiger partial charge is 0.295 e. The molecule has 1 saturated heterocycles. The van der Waals surface area contributed by atoms with Gasteiger partial charge in [-0.1, -0.05) is 20.8 Å². The van der Waals surface area contributed by atoms with Crippen molar-refractivity contribution in [3.8, 4) is 5.75 Å². The van der Waals surface area contributed by atoms with Crippen LogP contribution < -0.4 is 4.74 Å². The van der Waals surface area contributed by atoms with Gasteiger partial charge < -0.3 is 23.9 Å². The molecule has 1 N–H and O–H groups in total. The van der Waals surface area contributed by atoms with E-state index in [1.807, 2.05) is 20.8 Å². The lowest BCUT2D eigenvalue weighted by atomic mass is 9.84. The van der Waals surface area contributed by atoms with Crippen LogP contribution in [0.3, 0.4) is 0 Å². The largest absolute Gasteiger partial charge is 0.507 e. The number of amides is 1. The van der Waals surface area contributed by atoms with Crippen molar-refractivity contribution in [1.82, 2.24) is 4.90 Å². The molecule has 1 aromatic heterocycles. The first-order chi connectivity index (χ1) is 14.7. The Kier molecular flexibility index (Phi) is 6.55. The Labute approximate surface area is 182 Å². The number of carbonyl (C=O) groups excluding carboxylic acids is 2. The van der Waals surface area contributed by atoms with E-state index in [0.29, 0.717) is 36.6 Å². The Balaban J connectivity index is 2.13. The number of likely N-dealkylation sites (tertiary alicyclic amines) is 1. The highest BCUT2D eigenvalue weighted by Crippen LogP contribution is 2.41. The number of hydrogen-bond donors (Lipinski definition) is 1. The van der Waals surface area contributed by atoms with E-state index < -0.39 is 17.7 Å². The summed E-state index contributed by atoms with van der Waals surface area (Å²) in [6.45, 7) is 6.85. The fraction of sp³-hybridized carbons (Fsp3) is 0.417. The summed E-state index contributed by atoms with van der Waals surface area (Å²) in [5.74, 6) is -0.524. The molecule has 166 valence electrons. The highest BCUT2D eigenvalue weighted by molar-refractivity contribution is 6.46. The molecule has 7 nitrogen and oxygen atoms in total. The zero-order valence-corrected chi connectivity index (χ0v) is 18.6. The van der Waals surface area contributed by atoms with Gasteiger partial charge in [0.1, 0.15) is 23.3 Å². The lowest BCUT2D eigenvalue weighted by Gasteiger charge is -2.24. The van der Waals surface area contributed by atoms with Crippen LogP contribution in [-0.2, 0) is 19.7 Å². The standard InChI is InChI=1S/C24H29NO6/c1-24(2,3)16-14-15(9-10-17(16)30-5)21(26)19-20(18-8-6-13-31-18)25(11-7-12-29-4)23(28)22(19)27/h6,8-10,13-14,20,26H,7,11-12H2,1-5H3/b21-19-. The van der Waals surface area contributed by atoms with Gasteiger partial charge in [0, 0.05) is 31.4 Å². The maximum atomic E-state index is 13.0. The molecule has 1 unspecified atom stereocenters. The molecule has 0 bridgehead atoms. The van der Waals surface area contributed by atoms with Crippen molar-refractivity contribution in [3.63, 3.8) is 0 Å². The summed E-state index contributed by atoms with van der Waals surface area (Å²) in [6, 6.07) is 7.82. The molecule has 0 radical (unpaired) electrons. The molecule has 0 saturated carbocycles. The van der Waals surface area contributed by atoms with Crippen molar-refractivity contribution in [2.45, 2.75) is 38.6 Å². The number of nitrogens with zero attached hydrogens (tertiary/aromatic N) is 1. The minimum absolute atomic E-state index is 0.0161. The number of benzene rings is 1. The van der Waals surface area contributed by atoms with Crippen molar-refractivity contribution in [3.05, 3.63) is 59.1 Å². The number of aliphatic hydroxyl groups is 1. The normalized spacial score (nSPS) is 18.6. The third kappa shape index (κ3) is 4.37. The fourth-order valence-corrected chi connectivity index (χ4v) is 3.83. The number of carbonyl (C=O) groups is 2. The van der Waals surface area contributed by atoms with Gasteiger partial charge in [0.15, 0.2) is 0 Å². The number of rotatable bonds is 7. The molecule has 2 heterocycles. The van der Waals surface area contributed by atoms with Gasteiger partial charge in [-0.05, 0) is 42.2 Å². The molecule has 2 aromatic rings. The molecule has 3 rings (SSSR count). The summed E-state index contributed by atoms with van der Waals surface area (Å²) < 4.78 is 16.1. The minimum Gasteiger partial charge on any atom is -0.507 e. The number of ether oxygens (including phenoxy) is 2. The first kappa shape index (κ1) is 22.6. The van der Waals surface area contributed by atoms with Crippen LogP contribution in [0.5, 0.6) is 5.75 Å². The van der Waals surface area contributed by atoms with Crippen LogP contribution in [0.15, 0.2) is 46.6 Å². The Morgan fingerprint density at radius 1 is 1.19 bits per heavy atom. The van der Waals surface area contributed by atoms with E-state index >= 15 is 0 Å². The summed E-state index contributed by atoms with van der Waals surface area (Å²) in [5.41, 5.74) is 1.08. The number of methoxy groups -OCH3 is 2. The molecule has 1 amide bonds. The maximum Gasteiger partial charge on any atom is 0.295 e. The van der Waals surface area contributed by atoms with E-state index in [1.54, 1.807) is 44.6 Å². The van der Waals surface area contributed by atoms with Crippen LogP contribution >= 0.6 is 0 Å². The molecule has 0 spiro atoms. The van der Waals surface area contributed by atoms with Crippen LogP contribution in [0, 0.1) is 0 Å². The zero-order chi connectivity index (χ0) is 22.8. The van der Waals surface area contributed by atoms with Gasteiger partial charge in [-0.25, -0.2) is 0 Å². The van der Waals surface area contributed by atoms with Crippen molar-refractivity contribution in [2.24, 2.45) is 0 Å². The summed E-state index contributed by atoms with van der Waals surface area (Å²) in [6.07, 6.45) is 2.03. The lowest BCUT2D eigenvalue weighted by Crippen LogP contribution is -2.31. The molecule has 1 aliphatic heterocycles. The SMILES string of the molecule is COCCCN1C(=O)C(=O)/C(=C(\O)c2ccc(OC)c(C(C)(C)C)c2)C1c1ccco1. The topological polar surface area (TPSA) is 89.2 Å². The number of furan rings is 1. The molecular formula is C24H29NO6. The van der Waals surface area contributed by atoms with E-state index in [4.69, 9.17) is 13.9 Å². The number of Topliss-reactive ketones (excluding diaryl/α,β-unsaturated/α-hetero) is 1. The summed E-state index contributed by atoms with van der Waals surface area (Å²) in [5, 5.41) is 11.2. The van der Waals surface area contributed by atoms with Crippen LogP contribution in [0.2, 0.25) is 0 Å². The van der Waals surface area contributed by atoms with Gasteiger partial charge >= 0.3 is 0 Å². The number of aliphatic hydroxyl groups excluding tert-OH is 1. The first-order valence-electron chi connectivity index (χ1n) is 10.2. The zero-order valence-electron chi connectivity index (χ0n) is 18.6. The Morgan fingerprint density at radius 3 is 2.52 bits per heavy atom. The fourth-order valence-electron chi connectivity index (χ4n) is 3.83. The average molecular weight is 427 g/mol. The second-order valence-electron chi connectivity index (χ2n) is 8.52. The van der Waals surface area contributed by atoms with E-state index in [2.05, 4.69) is 0 Å². The molecule has 1 aromatic carbocycles. The Hall–Kier alpha value is -3.06. The second-order valence-corrected chi connectivity index (χ2v) is 8.52. The van der Waals surface area contributed by atoms with Crippen molar-refractivity contribution >= 4 is 17.4 Å². The first-order valence-corrected chi connectivity index (χ1v) is 10.2.